The molecule has 1 N–H and O–H groups in total. The molecule has 1 aromatic rings. The molecule has 5 heteroatoms. The van der Waals surface area contributed by atoms with Crippen LogP contribution in [-0.4, -0.2) is 53.7 Å². The average molecular weight is 334 g/mol. The summed E-state index contributed by atoms with van der Waals surface area (Å²) in [5.41, 5.74) is 0.0100. The van der Waals surface area contributed by atoms with Gasteiger partial charge in [0.2, 0.25) is 0 Å². The number of alkyl halides is 1. The first kappa shape index (κ1) is 16.3. The maximum Gasteiger partial charge on any atom is 0.339 e. The van der Waals surface area contributed by atoms with Gasteiger partial charge < -0.3 is 9.84 Å². The number of esters is 1. The molecule has 3 aliphatic heterocycles. The third-order valence-electron chi connectivity index (χ3n) is 4.60. The highest BCUT2D eigenvalue weighted by atomic mass is 35.5. The summed E-state index contributed by atoms with van der Waals surface area (Å²) in [6, 6.07) is 7.05. The first-order valence-electron chi connectivity index (χ1n) is 7.92. The Morgan fingerprint density at radius 2 is 2.13 bits per heavy atom. The minimum atomic E-state index is -0.982. The minimum absolute atomic E-state index is 0.170. The number of fused-ring (bicyclic) bond motifs is 3. The SMILES string of the molecule is O=C(OCCCl)c1ccccc1C#CC1(O)CN2CCC1CC2. The number of ether oxygens (including phenoxy) is 1. The van der Waals surface area contributed by atoms with Gasteiger partial charge in [0, 0.05) is 18.0 Å². The molecular weight excluding hydrogens is 314 g/mol. The molecule has 0 aromatic heterocycles. The van der Waals surface area contributed by atoms with Crippen molar-refractivity contribution < 1.29 is 14.6 Å². The molecule has 4 nitrogen and oxygen atoms in total. The third kappa shape index (κ3) is 3.53. The van der Waals surface area contributed by atoms with E-state index < -0.39 is 11.6 Å². The quantitative estimate of drug-likeness (QED) is 0.521. The summed E-state index contributed by atoms with van der Waals surface area (Å²) in [6.45, 7) is 2.83. The molecule has 0 aliphatic carbocycles. The number of nitrogens with zero attached hydrogens (tertiary/aromatic N) is 1. The highest BCUT2D eigenvalue weighted by Gasteiger charge is 2.44. The van der Waals surface area contributed by atoms with Gasteiger partial charge in [-0.2, -0.15) is 0 Å². The molecule has 3 fully saturated rings. The van der Waals surface area contributed by atoms with Crippen LogP contribution in [0.5, 0.6) is 0 Å². The molecule has 0 spiro atoms. The Hall–Kier alpha value is -1.54. The molecule has 3 saturated heterocycles. The van der Waals surface area contributed by atoms with Crippen molar-refractivity contribution in [3.63, 3.8) is 0 Å². The van der Waals surface area contributed by atoms with Gasteiger partial charge in [-0.15, -0.1) is 11.6 Å². The predicted octanol–water partition coefficient (Wildman–Crippen LogP) is 1.89. The van der Waals surface area contributed by atoms with Gasteiger partial charge in [0.05, 0.1) is 11.4 Å². The lowest BCUT2D eigenvalue weighted by atomic mass is 9.75. The van der Waals surface area contributed by atoms with Crippen LogP contribution in [0.4, 0.5) is 0 Å². The maximum absolute atomic E-state index is 12.1. The van der Waals surface area contributed by atoms with Gasteiger partial charge in [-0.1, -0.05) is 24.0 Å². The molecule has 1 aromatic carbocycles. The van der Waals surface area contributed by atoms with Crippen LogP contribution in [0.15, 0.2) is 24.3 Å². The van der Waals surface area contributed by atoms with E-state index in [4.69, 9.17) is 16.3 Å². The zero-order valence-electron chi connectivity index (χ0n) is 12.9. The van der Waals surface area contributed by atoms with Crippen molar-refractivity contribution in [1.82, 2.24) is 4.90 Å². The Kier molecular flexibility index (Phi) is 4.91. The summed E-state index contributed by atoms with van der Waals surface area (Å²) in [5, 5.41) is 10.8. The van der Waals surface area contributed by atoms with E-state index in [0.29, 0.717) is 17.7 Å². The smallest absolute Gasteiger partial charge is 0.339 e. The fourth-order valence-electron chi connectivity index (χ4n) is 3.33. The predicted molar refractivity (Wildman–Crippen MR) is 88.4 cm³/mol. The van der Waals surface area contributed by atoms with Crippen molar-refractivity contribution >= 4 is 17.6 Å². The van der Waals surface area contributed by atoms with Crippen LogP contribution in [0, 0.1) is 17.8 Å². The van der Waals surface area contributed by atoms with E-state index in [-0.39, 0.29) is 18.4 Å². The zero-order chi connectivity index (χ0) is 16.3. The molecule has 1 atom stereocenters. The number of halogens is 1. The summed E-state index contributed by atoms with van der Waals surface area (Å²) in [6.07, 6.45) is 1.95. The number of benzene rings is 1. The van der Waals surface area contributed by atoms with Gasteiger partial charge in [-0.05, 0) is 38.1 Å². The van der Waals surface area contributed by atoms with Crippen molar-refractivity contribution in [3.05, 3.63) is 35.4 Å². The fourth-order valence-corrected chi connectivity index (χ4v) is 3.41. The van der Waals surface area contributed by atoms with Crippen LogP contribution in [0.1, 0.15) is 28.8 Å². The molecule has 122 valence electrons. The summed E-state index contributed by atoms with van der Waals surface area (Å²) in [5.74, 6) is 6.08. The second kappa shape index (κ2) is 6.92. The monoisotopic (exact) mass is 333 g/mol. The average Bonchev–Trinajstić information content (AvgIpc) is 2.59. The van der Waals surface area contributed by atoms with Crippen molar-refractivity contribution in [1.29, 1.82) is 0 Å². The number of piperidine rings is 3. The van der Waals surface area contributed by atoms with Crippen LogP contribution < -0.4 is 0 Å². The molecule has 1 unspecified atom stereocenters. The second-order valence-electron chi connectivity index (χ2n) is 6.10. The number of hydrogen-bond donors (Lipinski definition) is 1. The lowest BCUT2D eigenvalue weighted by molar-refractivity contribution is -0.0713. The number of hydrogen-bond acceptors (Lipinski definition) is 4. The van der Waals surface area contributed by atoms with Crippen LogP contribution >= 0.6 is 11.6 Å². The van der Waals surface area contributed by atoms with E-state index in [1.165, 1.54) is 0 Å². The highest BCUT2D eigenvalue weighted by Crippen LogP contribution is 2.35. The molecule has 0 amide bonds. The minimum Gasteiger partial charge on any atom is -0.461 e. The number of rotatable bonds is 3. The first-order chi connectivity index (χ1) is 11.1. The Bertz CT molecular complexity index is 643. The topological polar surface area (TPSA) is 49.8 Å². The molecule has 0 saturated carbocycles. The van der Waals surface area contributed by atoms with Gasteiger partial charge in [0.1, 0.15) is 12.2 Å². The van der Waals surface area contributed by atoms with Crippen molar-refractivity contribution in [2.45, 2.75) is 18.4 Å². The first-order valence-corrected chi connectivity index (χ1v) is 8.46. The van der Waals surface area contributed by atoms with Gasteiger partial charge in [-0.25, -0.2) is 4.79 Å². The normalized spacial score (nSPS) is 28.8. The van der Waals surface area contributed by atoms with Gasteiger partial charge in [-0.3, -0.25) is 4.90 Å². The molecule has 3 heterocycles. The standard InChI is InChI=1S/C18H20ClNO3/c19-9-12-23-17(21)16-4-2-1-3-14(16)5-8-18(22)13-20-10-6-15(18)7-11-20/h1-4,15,22H,6-7,9-13H2. The van der Waals surface area contributed by atoms with E-state index in [9.17, 15) is 9.90 Å². The lowest BCUT2D eigenvalue weighted by Crippen LogP contribution is -2.58. The van der Waals surface area contributed by atoms with Crippen LogP contribution in [-0.2, 0) is 4.74 Å². The van der Waals surface area contributed by atoms with Crippen molar-refractivity contribution in [2.75, 3.05) is 32.1 Å². The maximum atomic E-state index is 12.1. The van der Waals surface area contributed by atoms with E-state index in [0.717, 1.165) is 25.9 Å². The number of carbonyl (C=O) groups excluding carboxylic acids is 1. The second-order valence-corrected chi connectivity index (χ2v) is 6.47. The van der Waals surface area contributed by atoms with Crippen LogP contribution in [0.3, 0.4) is 0 Å². The largest absolute Gasteiger partial charge is 0.461 e. The Labute approximate surface area is 141 Å². The summed E-state index contributed by atoms with van der Waals surface area (Å²) in [4.78, 5) is 14.3. The van der Waals surface area contributed by atoms with E-state index in [1.54, 1.807) is 18.2 Å². The summed E-state index contributed by atoms with van der Waals surface area (Å²) in [7, 11) is 0. The Balaban J connectivity index is 1.83. The van der Waals surface area contributed by atoms with E-state index in [2.05, 4.69) is 16.7 Å². The molecular formula is C18H20ClNO3. The van der Waals surface area contributed by atoms with Gasteiger partial charge >= 0.3 is 5.97 Å². The van der Waals surface area contributed by atoms with Crippen LogP contribution in [0.2, 0.25) is 0 Å². The summed E-state index contributed by atoms with van der Waals surface area (Å²) >= 11 is 5.55. The molecule has 3 aliphatic rings. The third-order valence-corrected chi connectivity index (χ3v) is 4.75. The Morgan fingerprint density at radius 3 is 2.78 bits per heavy atom. The lowest BCUT2D eigenvalue weighted by Gasteiger charge is -2.47. The number of aliphatic hydroxyl groups is 1. The highest BCUT2D eigenvalue weighted by molar-refractivity contribution is 6.18. The molecule has 23 heavy (non-hydrogen) atoms. The zero-order valence-corrected chi connectivity index (χ0v) is 13.7. The summed E-state index contributed by atoms with van der Waals surface area (Å²) < 4.78 is 5.07. The Morgan fingerprint density at radius 1 is 1.39 bits per heavy atom. The van der Waals surface area contributed by atoms with E-state index in [1.807, 2.05) is 6.07 Å². The molecule has 0 radical (unpaired) electrons. The fraction of sp³-hybridized carbons (Fsp3) is 0.500. The molecule has 2 bridgehead atoms. The van der Waals surface area contributed by atoms with Crippen molar-refractivity contribution in [2.24, 2.45) is 5.92 Å². The number of carbonyl (C=O) groups is 1. The van der Waals surface area contributed by atoms with E-state index >= 15 is 0 Å². The van der Waals surface area contributed by atoms with Gasteiger partial charge in [0.15, 0.2) is 0 Å². The molecule has 4 rings (SSSR count). The van der Waals surface area contributed by atoms with Crippen LogP contribution in [0.25, 0.3) is 0 Å². The van der Waals surface area contributed by atoms with Crippen molar-refractivity contribution in [3.8, 4) is 11.8 Å². The van der Waals surface area contributed by atoms with Gasteiger partial charge in [0.25, 0.3) is 0 Å².